The molecule has 9 heteroatoms. The van der Waals surface area contributed by atoms with Crippen molar-refractivity contribution < 1.29 is 28.7 Å². The summed E-state index contributed by atoms with van der Waals surface area (Å²) in [5, 5.41) is 4.97. The Hall–Kier alpha value is -3.20. The summed E-state index contributed by atoms with van der Waals surface area (Å²) >= 11 is 1.27. The molecular weight excluding hydrogens is 480 g/mol. The van der Waals surface area contributed by atoms with Crippen molar-refractivity contribution in [2.24, 2.45) is 5.92 Å². The van der Waals surface area contributed by atoms with Crippen molar-refractivity contribution in [2.45, 2.75) is 58.3 Å². The van der Waals surface area contributed by atoms with Crippen LogP contribution in [0.4, 0.5) is 10.7 Å². The minimum atomic E-state index is -0.645. The Balaban J connectivity index is 1.36. The lowest BCUT2D eigenvalue weighted by molar-refractivity contribution is -0.151. The fourth-order valence-corrected chi connectivity index (χ4v) is 5.50. The maximum Gasteiger partial charge on any atom is 0.341 e. The topological polar surface area (TPSA) is 102 Å². The molecule has 4 rings (SSSR count). The average Bonchev–Trinajstić information content (AvgIpc) is 3.52. The third kappa shape index (κ3) is 5.61. The summed E-state index contributed by atoms with van der Waals surface area (Å²) in [5.41, 5.74) is 3.18. The lowest BCUT2D eigenvalue weighted by Gasteiger charge is -2.23. The predicted octanol–water partition coefficient (Wildman–Crippen LogP) is 4.85. The molecule has 2 aliphatic rings. The summed E-state index contributed by atoms with van der Waals surface area (Å²) < 4.78 is 10.4. The summed E-state index contributed by atoms with van der Waals surface area (Å²) in [6, 6.07) is 7.74. The van der Waals surface area contributed by atoms with Crippen LogP contribution in [0.5, 0.6) is 0 Å². The van der Waals surface area contributed by atoms with E-state index in [1.165, 1.54) is 11.3 Å². The highest BCUT2D eigenvalue weighted by atomic mass is 32.1. The van der Waals surface area contributed by atoms with Crippen LogP contribution >= 0.6 is 11.3 Å². The molecule has 1 saturated carbocycles. The van der Waals surface area contributed by atoms with E-state index in [0.29, 0.717) is 16.5 Å². The molecule has 36 heavy (non-hydrogen) atoms. The van der Waals surface area contributed by atoms with Crippen LogP contribution in [0.15, 0.2) is 29.6 Å². The van der Waals surface area contributed by atoms with Gasteiger partial charge in [-0.05, 0) is 60.6 Å². The molecule has 2 fully saturated rings. The predicted molar refractivity (Wildman–Crippen MR) is 137 cm³/mol. The number of carbonyl (C=O) groups excluding carboxylic acids is 4. The summed E-state index contributed by atoms with van der Waals surface area (Å²) in [6.45, 7) is 5.90. The fraction of sp³-hybridized carbons (Fsp3) is 0.481. The number of carbonyl (C=O) groups is 4. The van der Waals surface area contributed by atoms with Crippen LogP contribution in [-0.4, -0.2) is 43.5 Å². The fourth-order valence-electron chi connectivity index (χ4n) is 4.46. The number of esters is 2. The molecule has 2 atom stereocenters. The van der Waals surface area contributed by atoms with Gasteiger partial charge in [0, 0.05) is 18.7 Å². The van der Waals surface area contributed by atoms with E-state index in [1.807, 2.05) is 29.6 Å². The molecule has 0 bridgehead atoms. The molecule has 0 unspecified atom stereocenters. The number of benzene rings is 1. The number of rotatable bonds is 10. The van der Waals surface area contributed by atoms with Crippen LogP contribution < -0.4 is 10.2 Å². The third-order valence-electron chi connectivity index (χ3n) is 6.74. The van der Waals surface area contributed by atoms with E-state index in [1.54, 1.807) is 11.8 Å². The molecule has 2 aromatic rings. The zero-order valence-corrected chi connectivity index (χ0v) is 21.7. The maximum atomic E-state index is 12.7. The highest BCUT2D eigenvalue weighted by Gasteiger charge is 2.37. The van der Waals surface area contributed by atoms with Crippen molar-refractivity contribution in [1.29, 1.82) is 0 Å². The quantitative estimate of drug-likeness (QED) is 0.457. The van der Waals surface area contributed by atoms with Crippen LogP contribution in [0.25, 0.3) is 0 Å². The minimum absolute atomic E-state index is 0.0397. The van der Waals surface area contributed by atoms with E-state index in [4.69, 9.17) is 9.47 Å². The van der Waals surface area contributed by atoms with Gasteiger partial charge in [0.05, 0.1) is 18.1 Å². The number of thiophene rings is 1. The second-order valence-electron chi connectivity index (χ2n) is 9.32. The van der Waals surface area contributed by atoms with Crippen LogP contribution in [0, 0.1) is 5.92 Å². The lowest BCUT2D eigenvalue weighted by Crippen LogP contribution is -2.29. The van der Waals surface area contributed by atoms with Gasteiger partial charge in [0.15, 0.2) is 6.61 Å². The highest BCUT2D eigenvalue weighted by Crippen LogP contribution is 2.46. The zero-order valence-electron chi connectivity index (χ0n) is 20.9. The minimum Gasteiger partial charge on any atom is -0.462 e. The normalized spacial score (nSPS) is 18.1. The van der Waals surface area contributed by atoms with Crippen LogP contribution in [0.3, 0.4) is 0 Å². The number of hydrogen-bond acceptors (Lipinski definition) is 7. The second-order valence-corrected chi connectivity index (χ2v) is 10.2. The molecule has 0 spiro atoms. The van der Waals surface area contributed by atoms with Crippen molar-refractivity contribution in [3.8, 4) is 0 Å². The number of hydrogen-bond donors (Lipinski definition) is 1. The second kappa shape index (κ2) is 11.2. The average molecular weight is 513 g/mol. The van der Waals surface area contributed by atoms with Gasteiger partial charge in [0.2, 0.25) is 5.91 Å². The van der Waals surface area contributed by atoms with Crippen LogP contribution in [-0.2, 0) is 23.9 Å². The van der Waals surface area contributed by atoms with Gasteiger partial charge >= 0.3 is 11.9 Å². The Bertz CT molecular complexity index is 1150. The van der Waals surface area contributed by atoms with Gasteiger partial charge in [-0.2, -0.15) is 0 Å². The number of para-hydroxylation sites is 1. The smallest absolute Gasteiger partial charge is 0.341 e. The van der Waals surface area contributed by atoms with Crippen molar-refractivity contribution in [3.63, 3.8) is 0 Å². The number of nitrogens with zero attached hydrogens (tertiary/aromatic N) is 1. The Labute approximate surface area is 215 Å². The Morgan fingerprint density at radius 3 is 2.61 bits per heavy atom. The Morgan fingerprint density at radius 1 is 1.17 bits per heavy atom. The molecule has 2 amide bonds. The lowest BCUT2D eigenvalue weighted by atomic mass is 9.96. The summed E-state index contributed by atoms with van der Waals surface area (Å²) in [7, 11) is 0. The van der Waals surface area contributed by atoms with E-state index in [0.717, 1.165) is 36.1 Å². The number of nitrogens with one attached hydrogen (secondary N) is 1. The first-order chi connectivity index (χ1) is 17.3. The van der Waals surface area contributed by atoms with Crippen molar-refractivity contribution in [2.75, 3.05) is 30.0 Å². The Kier molecular flexibility index (Phi) is 8.08. The molecule has 1 aliphatic carbocycles. The van der Waals surface area contributed by atoms with Gasteiger partial charge in [0.1, 0.15) is 5.00 Å². The molecule has 8 nitrogen and oxygen atoms in total. The van der Waals surface area contributed by atoms with Crippen LogP contribution in [0.1, 0.15) is 79.8 Å². The van der Waals surface area contributed by atoms with Gasteiger partial charge in [-0.1, -0.05) is 32.0 Å². The van der Waals surface area contributed by atoms with Crippen LogP contribution in [0.2, 0.25) is 0 Å². The molecule has 1 aromatic heterocycles. The molecule has 1 aromatic carbocycles. The molecule has 192 valence electrons. The molecule has 1 aliphatic heterocycles. The zero-order chi connectivity index (χ0) is 25.8. The number of ether oxygens (including phenoxy) is 2. The van der Waals surface area contributed by atoms with Gasteiger partial charge in [-0.15, -0.1) is 11.3 Å². The summed E-state index contributed by atoms with van der Waals surface area (Å²) in [4.78, 5) is 52.1. The number of anilines is 2. The SMILES string of the molecule is CCOC(=O)c1c(C2CC2)csc1NC(=O)COC(=O)[C@@H]1CC(=O)N(c2ccccc2[C@@H](C)CC)C1. The maximum absolute atomic E-state index is 12.7. The molecule has 0 radical (unpaired) electrons. The van der Waals surface area contributed by atoms with E-state index < -0.39 is 30.4 Å². The molecular formula is C27H32N2O6S. The summed E-state index contributed by atoms with van der Waals surface area (Å²) in [6.07, 6.45) is 2.99. The highest BCUT2D eigenvalue weighted by molar-refractivity contribution is 7.15. The standard InChI is InChI=1S/C27H32N2O6S/c1-4-16(3)19-8-6-7-9-21(19)29-13-18(12-23(29)31)26(32)35-14-22(30)28-25-24(27(33)34-5-2)20(15-36-25)17-10-11-17/h6-9,15-18H,4-5,10-14H2,1-3H3,(H,28,30)/t16-,18+/m0/s1. The van der Waals surface area contributed by atoms with Gasteiger partial charge in [0.25, 0.3) is 5.91 Å². The third-order valence-corrected chi connectivity index (χ3v) is 7.66. The van der Waals surface area contributed by atoms with Crippen molar-refractivity contribution >= 4 is 45.8 Å². The molecule has 1 N–H and O–H groups in total. The van der Waals surface area contributed by atoms with E-state index in [9.17, 15) is 19.2 Å². The first-order valence-electron chi connectivity index (χ1n) is 12.5. The van der Waals surface area contributed by atoms with E-state index in [2.05, 4.69) is 19.2 Å². The largest absolute Gasteiger partial charge is 0.462 e. The first kappa shape index (κ1) is 25.9. The van der Waals surface area contributed by atoms with Crippen molar-refractivity contribution in [3.05, 3.63) is 46.3 Å². The number of amides is 2. The van der Waals surface area contributed by atoms with Crippen molar-refractivity contribution in [1.82, 2.24) is 0 Å². The van der Waals surface area contributed by atoms with Gasteiger partial charge in [-0.3, -0.25) is 14.4 Å². The monoisotopic (exact) mass is 512 g/mol. The van der Waals surface area contributed by atoms with E-state index in [-0.39, 0.29) is 31.4 Å². The first-order valence-corrected chi connectivity index (χ1v) is 13.4. The summed E-state index contributed by atoms with van der Waals surface area (Å²) in [5.74, 6) is -1.77. The molecule has 2 heterocycles. The van der Waals surface area contributed by atoms with E-state index >= 15 is 0 Å². The van der Waals surface area contributed by atoms with Gasteiger partial charge in [-0.25, -0.2) is 4.79 Å². The molecule has 1 saturated heterocycles. The Morgan fingerprint density at radius 2 is 1.92 bits per heavy atom. The van der Waals surface area contributed by atoms with Gasteiger partial charge < -0.3 is 19.7 Å².